The lowest BCUT2D eigenvalue weighted by Crippen LogP contribution is -2.20. The van der Waals surface area contributed by atoms with Crippen molar-refractivity contribution in [2.75, 3.05) is 7.11 Å². The number of benzene rings is 3. The summed E-state index contributed by atoms with van der Waals surface area (Å²) in [6.07, 6.45) is -1.22. The summed E-state index contributed by atoms with van der Waals surface area (Å²) in [5, 5.41) is 20.4. The summed E-state index contributed by atoms with van der Waals surface area (Å²) in [4.78, 5) is 11.9. The van der Waals surface area contributed by atoms with Gasteiger partial charge in [-0.15, -0.1) is 0 Å². The van der Waals surface area contributed by atoms with Crippen molar-refractivity contribution in [1.82, 2.24) is 0 Å². The van der Waals surface area contributed by atoms with Gasteiger partial charge in [-0.1, -0.05) is 72.8 Å². The average molecular weight is 348 g/mol. The summed E-state index contributed by atoms with van der Waals surface area (Å²) in [5.74, 6) is -1.71. The van der Waals surface area contributed by atoms with Crippen molar-refractivity contribution < 1.29 is 19.7 Å². The van der Waals surface area contributed by atoms with E-state index in [9.17, 15) is 15.0 Å². The second kappa shape index (κ2) is 7.85. The lowest BCUT2D eigenvalue weighted by Gasteiger charge is -2.22. The van der Waals surface area contributed by atoms with Crippen LogP contribution < -0.4 is 4.74 Å². The SMILES string of the molecule is COc1ccccc1C(O)C(C(=O)O)c1ccc(-c2ccccc2)cc1. The molecular weight excluding hydrogens is 328 g/mol. The maximum absolute atomic E-state index is 11.9. The maximum Gasteiger partial charge on any atom is 0.314 e. The normalized spacial score (nSPS) is 13.0. The molecule has 3 rings (SSSR count). The van der Waals surface area contributed by atoms with E-state index in [1.54, 1.807) is 36.4 Å². The minimum absolute atomic E-state index is 0.453. The summed E-state index contributed by atoms with van der Waals surface area (Å²) in [6, 6.07) is 24.0. The Morgan fingerprint density at radius 1 is 0.846 bits per heavy atom. The van der Waals surface area contributed by atoms with Gasteiger partial charge in [0.1, 0.15) is 11.7 Å². The average Bonchev–Trinajstić information content (AvgIpc) is 2.69. The molecule has 0 aliphatic carbocycles. The van der Waals surface area contributed by atoms with Crippen molar-refractivity contribution in [2.45, 2.75) is 12.0 Å². The number of aliphatic hydroxyl groups is 1. The molecule has 3 aromatic carbocycles. The Morgan fingerprint density at radius 3 is 2.04 bits per heavy atom. The molecule has 0 aliphatic rings. The molecule has 0 aliphatic heterocycles. The van der Waals surface area contributed by atoms with Gasteiger partial charge in [0.2, 0.25) is 0 Å². The number of aliphatic hydroxyl groups excluding tert-OH is 1. The van der Waals surface area contributed by atoms with Crippen LogP contribution in [0, 0.1) is 0 Å². The third kappa shape index (κ3) is 3.60. The number of ether oxygens (including phenoxy) is 1. The molecular formula is C22H20O4. The van der Waals surface area contributed by atoms with Gasteiger partial charge in [0, 0.05) is 5.56 Å². The van der Waals surface area contributed by atoms with E-state index in [-0.39, 0.29) is 0 Å². The van der Waals surface area contributed by atoms with Crippen LogP contribution in [0.25, 0.3) is 11.1 Å². The molecule has 2 N–H and O–H groups in total. The van der Waals surface area contributed by atoms with Gasteiger partial charge >= 0.3 is 5.97 Å². The molecule has 0 fully saturated rings. The van der Waals surface area contributed by atoms with E-state index in [0.717, 1.165) is 11.1 Å². The highest BCUT2D eigenvalue weighted by molar-refractivity contribution is 5.78. The number of hydrogen-bond donors (Lipinski definition) is 2. The molecule has 2 unspecified atom stereocenters. The van der Waals surface area contributed by atoms with Crippen LogP contribution in [0.1, 0.15) is 23.1 Å². The Balaban J connectivity index is 1.94. The Labute approximate surface area is 152 Å². The van der Waals surface area contributed by atoms with Crippen molar-refractivity contribution in [3.05, 3.63) is 90.0 Å². The van der Waals surface area contributed by atoms with E-state index in [1.165, 1.54) is 7.11 Å². The number of rotatable bonds is 6. The first-order valence-electron chi connectivity index (χ1n) is 8.31. The van der Waals surface area contributed by atoms with E-state index in [2.05, 4.69) is 0 Å². The zero-order valence-corrected chi connectivity index (χ0v) is 14.4. The molecule has 0 saturated heterocycles. The van der Waals surface area contributed by atoms with Crippen molar-refractivity contribution in [1.29, 1.82) is 0 Å². The molecule has 0 radical (unpaired) electrons. The lowest BCUT2D eigenvalue weighted by atomic mass is 9.88. The number of carbonyl (C=O) groups is 1. The molecule has 3 aromatic rings. The van der Waals surface area contributed by atoms with Crippen LogP contribution >= 0.6 is 0 Å². The van der Waals surface area contributed by atoms with E-state index in [0.29, 0.717) is 16.9 Å². The monoisotopic (exact) mass is 348 g/mol. The van der Waals surface area contributed by atoms with Crippen LogP contribution in [0.4, 0.5) is 0 Å². The molecule has 0 heterocycles. The van der Waals surface area contributed by atoms with Crippen LogP contribution in [0.5, 0.6) is 5.75 Å². The van der Waals surface area contributed by atoms with Crippen LogP contribution in [-0.4, -0.2) is 23.3 Å². The van der Waals surface area contributed by atoms with Gasteiger partial charge in [0.05, 0.1) is 13.2 Å². The van der Waals surface area contributed by atoms with Crippen LogP contribution in [-0.2, 0) is 4.79 Å². The van der Waals surface area contributed by atoms with Crippen LogP contribution in [0.2, 0.25) is 0 Å². The highest BCUT2D eigenvalue weighted by Crippen LogP contribution is 2.36. The fourth-order valence-electron chi connectivity index (χ4n) is 3.06. The molecule has 0 saturated carbocycles. The fraction of sp³-hybridized carbons (Fsp3) is 0.136. The number of methoxy groups -OCH3 is 1. The lowest BCUT2D eigenvalue weighted by molar-refractivity contribution is -0.141. The summed E-state index contributed by atoms with van der Waals surface area (Å²) in [5.41, 5.74) is 3.03. The number of carboxylic acid groups (broad SMARTS) is 1. The zero-order chi connectivity index (χ0) is 18.5. The number of aliphatic carboxylic acids is 1. The van der Waals surface area contributed by atoms with Gasteiger partial charge in [-0.25, -0.2) is 0 Å². The van der Waals surface area contributed by atoms with Crippen molar-refractivity contribution in [2.24, 2.45) is 0 Å². The molecule has 4 nitrogen and oxygen atoms in total. The Bertz CT molecular complexity index is 872. The van der Waals surface area contributed by atoms with Crippen LogP contribution in [0.3, 0.4) is 0 Å². The largest absolute Gasteiger partial charge is 0.496 e. The van der Waals surface area contributed by atoms with Crippen molar-refractivity contribution >= 4 is 5.97 Å². The summed E-state index contributed by atoms with van der Waals surface area (Å²) in [6.45, 7) is 0. The predicted octanol–water partition coefficient (Wildman–Crippen LogP) is 4.26. The van der Waals surface area contributed by atoms with Crippen molar-refractivity contribution in [3.8, 4) is 16.9 Å². The minimum Gasteiger partial charge on any atom is -0.496 e. The topological polar surface area (TPSA) is 66.8 Å². The molecule has 0 aromatic heterocycles. The fourth-order valence-corrected chi connectivity index (χ4v) is 3.06. The van der Waals surface area contributed by atoms with E-state index < -0.39 is 18.0 Å². The Hall–Kier alpha value is -3.11. The quantitative estimate of drug-likeness (QED) is 0.698. The predicted molar refractivity (Wildman–Crippen MR) is 100 cm³/mol. The van der Waals surface area contributed by atoms with Gasteiger partial charge in [0.25, 0.3) is 0 Å². The first-order chi connectivity index (χ1) is 12.6. The van der Waals surface area contributed by atoms with Gasteiger partial charge in [-0.05, 0) is 22.8 Å². The van der Waals surface area contributed by atoms with E-state index in [1.807, 2.05) is 42.5 Å². The Kier molecular flexibility index (Phi) is 5.34. The first-order valence-corrected chi connectivity index (χ1v) is 8.31. The van der Waals surface area contributed by atoms with Crippen molar-refractivity contribution in [3.63, 3.8) is 0 Å². The van der Waals surface area contributed by atoms with Gasteiger partial charge in [-0.3, -0.25) is 4.79 Å². The second-order valence-corrected chi connectivity index (χ2v) is 5.99. The molecule has 4 heteroatoms. The van der Waals surface area contributed by atoms with E-state index in [4.69, 9.17) is 4.74 Å². The molecule has 0 spiro atoms. The summed E-state index contributed by atoms with van der Waals surface area (Å²) in [7, 11) is 1.50. The summed E-state index contributed by atoms with van der Waals surface area (Å²) < 4.78 is 5.26. The highest BCUT2D eigenvalue weighted by atomic mass is 16.5. The number of hydrogen-bond acceptors (Lipinski definition) is 3. The number of para-hydroxylation sites is 1. The molecule has 0 amide bonds. The smallest absolute Gasteiger partial charge is 0.314 e. The second-order valence-electron chi connectivity index (χ2n) is 5.99. The minimum atomic E-state index is -1.22. The van der Waals surface area contributed by atoms with Gasteiger partial charge in [-0.2, -0.15) is 0 Å². The van der Waals surface area contributed by atoms with E-state index >= 15 is 0 Å². The highest BCUT2D eigenvalue weighted by Gasteiger charge is 2.31. The number of carboxylic acids is 1. The van der Waals surface area contributed by atoms with Gasteiger partial charge < -0.3 is 14.9 Å². The van der Waals surface area contributed by atoms with Gasteiger partial charge in [0.15, 0.2) is 0 Å². The molecule has 0 bridgehead atoms. The zero-order valence-electron chi connectivity index (χ0n) is 14.4. The molecule has 26 heavy (non-hydrogen) atoms. The molecule has 132 valence electrons. The maximum atomic E-state index is 11.9. The standard InChI is InChI=1S/C22H20O4/c1-26-19-10-6-5-9-18(19)21(23)20(22(24)25)17-13-11-16(12-14-17)15-7-3-2-4-8-15/h2-14,20-21,23H,1H3,(H,24,25). The third-order valence-electron chi connectivity index (χ3n) is 4.42. The first kappa shape index (κ1) is 17.7. The molecule has 2 atom stereocenters. The third-order valence-corrected chi connectivity index (χ3v) is 4.42. The Morgan fingerprint density at radius 2 is 1.42 bits per heavy atom. The summed E-state index contributed by atoms with van der Waals surface area (Å²) >= 11 is 0. The van der Waals surface area contributed by atoms with Crippen LogP contribution in [0.15, 0.2) is 78.9 Å².